The van der Waals surface area contributed by atoms with E-state index in [2.05, 4.69) is 4.98 Å². The molecule has 1 N–H and O–H groups in total. The number of hydrogen-bond acceptors (Lipinski definition) is 3. The van der Waals surface area contributed by atoms with E-state index in [1.165, 1.54) is 30.5 Å². The van der Waals surface area contributed by atoms with E-state index in [1.807, 2.05) is 0 Å². The number of nitrogens with zero attached hydrogens (tertiary/aromatic N) is 2. The lowest BCUT2D eigenvalue weighted by molar-refractivity contribution is 0.0658. The lowest BCUT2D eigenvalue weighted by Crippen LogP contribution is -2.40. The molecule has 2 heterocycles. The lowest BCUT2D eigenvalue weighted by atomic mass is 9.91. The Morgan fingerprint density at radius 1 is 1.24 bits per heavy atom. The second-order valence-corrected chi connectivity index (χ2v) is 6.37. The Hall–Kier alpha value is -2.50. The van der Waals surface area contributed by atoms with Gasteiger partial charge in [-0.05, 0) is 55.9 Å². The second kappa shape index (κ2) is 7.59. The summed E-state index contributed by atoms with van der Waals surface area (Å²) in [5.74, 6) is -1.32. The van der Waals surface area contributed by atoms with Crippen molar-refractivity contribution >= 4 is 5.91 Å². The van der Waals surface area contributed by atoms with Gasteiger partial charge in [0.25, 0.3) is 5.91 Å². The monoisotopic (exact) mass is 346 g/mol. The molecule has 3 rings (SSSR count). The molecule has 2 aromatic rings. The van der Waals surface area contributed by atoms with Crippen LogP contribution in [-0.2, 0) is 6.42 Å². The number of pyridine rings is 1. The van der Waals surface area contributed by atoms with E-state index < -0.39 is 11.6 Å². The van der Waals surface area contributed by atoms with Gasteiger partial charge in [0.15, 0.2) is 5.69 Å². The van der Waals surface area contributed by atoms with Gasteiger partial charge >= 0.3 is 0 Å². The minimum Gasteiger partial charge on any atom is -0.505 e. The number of rotatable bonds is 4. The molecule has 132 valence electrons. The van der Waals surface area contributed by atoms with Gasteiger partial charge < -0.3 is 10.0 Å². The summed E-state index contributed by atoms with van der Waals surface area (Å²) in [7, 11) is 0. The highest BCUT2D eigenvalue weighted by Gasteiger charge is 2.27. The van der Waals surface area contributed by atoms with E-state index in [0.717, 1.165) is 12.8 Å². The normalized spacial score (nSPS) is 17.5. The second-order valence-electron chi connectivity index (χ2n) is 6.37. The molecule has 0 saturated carbocycles. The van der Waals surface area contributed by atoms with Gasteiger partial charge in [-0.25, -0.2) is 13.8 Å². The van der Waals surface area contributed by atoms with Gasteiger partial charge in [-0.2, -0.15) is 0 Å². The van der Waals surface area contributed by atoms with Gasteiger partial charge in [0, 0.05) is 24.8 Å². The van der Waals surface area contributed by atoms with Crippen LogP contribution < -0.4 is 0 Å². The Morgan fingerprint density at radius 2 is 2.00 bits per heavy atom. The van der Waals surface area contributed by atoms with Crippen LogP contribution >= 0.6 is 0 Å². The van der Waals surface area contributed by atoms with E-state index >= 15 is 0 Å². The van der Waals surface area contributed by atoms with Gasteiger partial charge in [-0.3, -0.25) is 4.79 Å². The van der Waals surface area contributed by atoms with Gasteiger partial charge in [0.2, 0.25) is 0 Å². The molecule has 1 amide bonds. The van der Waals surface area contributed by atoms with E-state index in [0.29, 0.717) is 25.9 Å². The van der Waals surface area contributed by atoms with Crippen molar-refractivity contribution in [3.8, 4) is 5.75 Å². The van der Waals surface area contributed by atoms with Crippen molar-refractivity contribution in [1.82, 2.24) is 9.88 Å². The Kier molecular flexibility index (Phi) is 5.26. The zero-order valence-electron chi connectivity index (χ0n) is 13.8. The highest BCUT2D eigenvalue weighted by molar-refractivity contribution is 5.94. The van der Waals surface area contributed by atoms with Crippen molar-refractivity contribution in [1.29, 1.82) is 0 Å². The fourth-order valence-electron chi connectivity index (χ4n) is 3.32. The predicted molar refractivity (Wildman–Crippen MR) is 89.2 cm³/mol. The average Bonchev–Trinajstić information content (AvgIpc) is 2.61. The minimum atomic E-state index is -0.526. The number of piperidine rings is 1. The maximum atomic E-state index is 13.7. The van der Waals surface area contributed by atoms with Crippen molar-refractivity contribution in [2.75, 3.05) is 13.1 Å². The first-order valence-corrected chi connectivity index (χ1v) is 8.42. The van der Waals surface area contributed by atoms with Crippen LogP contribution in [-0.4, -0.2) is 34.0 Å². The lowest BCUT2D eigenvalue weighted by Gasteiger charge is -2.32. The molecule has 1 aromatic carbocycles. The zero-order chi connectivity index (χ0) is 17.8. The summed E-state index contributed by atoms with van der Waals surface area (Å²) in [5.41, 5.74) is 0.150. The molecule has 0 spiro atoms. The Balaban J connectivity index is 1.63. The van der Waals surface area contributed by atoms with Crippen molar-refractivity contribution in [2.45, 2.75) is 25.7 Å². The highest BCUT2D eigenvalue weighted by Crippen LogP contribution is 2.25. The summed E-state index contributed by atoms with van der Waals surface area (Å²) >= 11 is 0. The number of aromatic hydroxyl groups is 1. The topological polar surface area (TPSA) is 53.4 Å². The number of likely N-dealkylation sites (tertiary alicyclic amines) is 1. The van der Waals surface area contributed by atoms with Gasteiger partial charge in [0.1, 0.15) is 17.4 Å². The molecular formula is C19H20F2N2O2. The number of aromatic nitrogens is 1. The van der Waals surface area contributed by atoms with Crippen LogP contribution in [0, 0.1) is 17.6 Å². The average molecular weight is 346 g/mol. The van der Waals surface area contributed by atoms with E-state index in [4.69, 9.17) is 0 Å². The molecular weight excluding hydrogens is 326 g/mol. The third-order valence-corrected chi connectivity index (χ3v) is 4.66. The third kappa shape index (κ3) is 3.95. The molecule has 1 fully saturated rings. The Bertz CT molecular complexity index is 747. The minimum absolute atomic E-state index is 0.0447. The summed E-state index contributed by atoms with van der Waals surface area (Å²) in [6, 6.07) is 6.88. The van der Waals surface area contributed by atoms with Gasteiger partial charge in [-0.1, -0.05) is 6.07 Å². The molecule has 6 heteroatoms. The fourth-order valence-corrected chi connectivity index (χ4v) is 3.32. The molecule has 1 aliphatic rings. The molecule has 4 nitrogen and oxygen atoms in total. The van der Waals surface area contributed by atoms with E-state index in [9.17, 15) is 18.7 Å². The van der Waals surface area contributed by atoms with Gasteiger partial charge in [0.05, 0.1) is 0 Å². The highest BCUT2D eigenvalue weighted by atomic mass is 19.1. The first kappa shape index (κ1) is 17.3. The van der Waals surface area contributed by atoms with Crippen molar-refractivity contribution in [3.05, 3.63) is 59.4 Å². The summed E-state index contributed by atoms with van der Waals surface area (Å²) in [6.07, 6.45) is 4.11. The maximum Gasteiger partial charge on any atom is 0.276 e. The molecule has 1 saturated heterocycles. The van der Waals surface area contributed by atoms with Crippen LogP contribution in [0.1, 0.15) is 35.3 Å². The van der Waals surface area contributed by atoms with Crippen molar-refractivity contribution in [3.63, 3.8) is 0 Å². The molecule has 0 unspecified atom stereocenters. The van der Waals surface area contributed by atoms with Crippen LogP contribution in [0.3, 0.4) is 0 Å². The SMILES string of the molecule is O=C(c1ncccc1O)N1CCC[C@@H](CCc2c(F)cccc2F)C1. The molecule has 0 bridgehead atoms. The van der Waals surface area contributed by atoms with Crippen molar-refractivity contribution in [2.24, 2.45) is 5.92 Å². The molecule has 25 heavy (non-hydrogen) atoms. The summed E-state index contributed by atoms with van der Waals surface area (Å²) in [6.45, 7) is 1.10. The maximum absolute atomic E-state index is 13.7. The van der Waals surface area contributed by atoms with Crippen LogP contribution in [0.25, 0.3) is 0 Å². The smallest absolute Gasteiger partial charge is 0.276 e. The first-order chi connectivity index (χ1) is 12.1. The largest absolute Gasteiger partial charge is 0.505 e. The predicted octanol–water partition coefficient (Wildman–Crippen LogP) is 3.55. The van der Waals surface area contributed by atoms with E-state index in [1.54, 1.807) is 11.0 Å². The fraction of sp³-hybridized carbons (Fsp3) is 0.368. The zero-order valence-corrected chi connectivity index (χ0v) is 13.8. The van der Waals surface area contributed by atoms with Crippen molar-refractivity contribution < 1.29 is 18.7 Å². The molecule has 0 aliphatic carbocycles. The van der Waals surface area contributed by atoms with Crippen LogP contribution in [0.2, 0.25) is 0 Å². The van der Waals surface area contributed by atoms with Crippen LogP contribution in [0.15, 0.2) is 36.5 Å². The number of carbonyl (C=O) groups excluding carboxylic acids is 1. The van der Waals surface area contributed by atoms with E-state index in [-0.39, 0.29) is 28.8 Å². The number of hydrogen-bond donors (Lipinski definition) is 1. The molecule has 1 atom stereocenters. The molecule has 0 radical (unpaired) electrons. The number of amides is 1. The standard InChI is InChI=1S/C19H20F2N2O2/c20-15-5-1-6-16(21)14(15)9-8-13-4-3-11-23(12-13)19(25)18-17(24)7-2-10-22-18/h1-2,5-7,10,13,24H,3-4,8-9,11-12H2/t13-/m0/s1. The molecule has 1 aromatic heterocycles. The number of halogens is 2. The number of carbonyl (C=O) groups is 1. The van der Waals surface area contributed by atoms with Crippen LogP contribution in [0.5, 0.6) is 5.75 Å². The van der Waals surface area contributed by atoms with Gasteiger partial charge in [-0.15, -0.1) is 0 Å². The summed E-state index contributed by atoms with van der Waals surface area (Å²) < 4.78 is 27.5. The van der Waals surface area contributed by atoms with Crippen LogP contribution in [0.4, 0.5) is 8.78 Å². The molecule has 1 aliphatic heterocycles. The number of benzene rings is 1. The Morgan fingerprint density at radius 3 is 2.72 bits per heavy atom. The third-order valence-electron chi connectivity index (χ3n) is 4.66. The first-order valence-electron chi connectivity index (χ1n) is 8.42. The summed E-state index contributed by atoms with van der Waals surface area (Å²) in [4.78, 5) is 18.1. The Labute approximate surface area is 145 Å². The quantitative estimate of drug-likeness (QED) is 0.921. The summed E-state index contributed by atoms with van der Waals surface area (Å²) in [5, 5.41) is 9.80.